The molecule has 186 valence electrons. The number of non-ortho nitro benzene ring substituents is 1. The predicted molar refractivity (Wildman–Crippen MR) is 142 cm³/mol. The number of amides is 2. The first-order valence-corrected chi connectivity index (χ1v) is 12.9. The molecule has 0 saturated carbocycles. The van der Waals surface area contributed by atoms with Gasteiger partial charge in [-0.3, -0.25) is 19.7 Å². The summed E-state index contributed by atoms with van der Waals surface area (Å²) in [5.41, 5.74) is 2.89. The first-order chi connectivity index (χ1) is 17.4. The number of nitrogens with zero attached hydrogens (tertiary/aromatic N) is 3. The van der Waals surface area contributed by atoms with Crippen molar-refractivity contribution < 1.29 is 14.5 Å². The second-order valence-electron chi connectivity index (χ2n) is 8.85. The first kappa shape index (κ1) is 25.3. The Morgan fingerprint density at radius 1 is 1.17 bits per heavy atom. The molecule has 4 rings (SSSR count). The molecule has 1 aliphatic heterocycles. The Morgan fingerprint density at radius 2 is 1.89 bits per heavy atom. The van der Waals surface area contributed by atoms with Crippen molar-refractivity contribution in [3.63, 3.8) is 0 Å². The molecule has 3 aromatic rings. The molecule has 0 N–H and O–H groups in total. The van der Waals surface area contributed by atoms with Crippen LogP contribution in [0.5, 0.6) is 0 Å². The van der Waals surface area contributed by atoms with Gasteiger partial charge in [-0.2, -0.15) is 0 Å². The molecule has 2 aromatic carbocycles. The second-order valence-corrected chi connectivity index (χ2v) is 9.86. The molecular formula is C28H29N3O4S. The maximum atomic E-state index is 13.7. The number of rotatable bonds is 8. The molecule has 36 heavy (non-hydrogen) atoms. The van der Waals surface area contributed by atoms with E-state index in [1.165, 1.54) is 23.1 Å². The summed E-state index contributed by atoms with van der Waals surface area (Å²) in [5, 5.41) is 12.9. The van der Waals surface area contributed by atoms with Gasteiger partial charge in [-0.25, -0.2) is 0 Å². The lowest BCUT2D eigenvalue weighted by Gasteiger charge is -2.38. The van der Waals surface area contributed by atoms with Gasteiger partial charge in [0, 0.05) is 35.7 Å². The van der Waals surface area contributed by atoms with Crippen molar-refractivity contribution in [1.29, 1.82) is 0 Å². The maximum absolute atomic E-state index is 13.7. The molecule has 0 unspecified atom stereocenters. The minimum Gasteiger partial charge on any atom is -0.330 e. The molecule has 8 heteroatoms. The Hall–Kier alpha value is -3.78. The zero-order valence-corrected chi connectivity index (χ0v) is 21.2. The highest BCUT2D eigenvalue weighted by Gasteiger charge is 2.34. The summed E-state index contributed by atoms with van der Waals surface area (Å²) in [7, 11) is 0. The second kappa shape index (κ2) is 11.3. The molecule has 0 bridgehead atoms. The molecule has 0 saturated heterocycles. The highest BCUT2D eigenvalue weighted by molar-refractivity contribution is 7.10. The summed E-state index contributed by atoms with van der Waals surface area (Å²) in [6, 6.07) is 17.8. The van der Waals surface area contributed by atoms with Crippen LogP contribution in [0, 0.1) is 10.1 Å². The Labute approximate surface area is 214 Å². The number of hydrogen-bond donors (Lipinski definition) is 0. The van der Waals surface area contributed by atoms with Gasteiger partial charge in [0.05, 0.1) is 11.0 Å². The summed E-state index contributed by atoms with van der Waals surface area (Å²) in [6.45, 7) is 4.52. The van der Waals surface area contributed by atoms with Crippen molar-refractivity contribution in [1.82, 2.24) is 9.80 Å². The Balaban J connectivity index is 1.54. The fraction of sp³-hybridized carbons (Fsp3) is 0.286. The van der Waals surface area contributed by atoms with Gasteiger partial charge in [0.2, 0.25) is 11.8 Å². The number of thiophene rings is 1. The fourth-order valence-electron chi connectivity index (χ4n) is 4.46. The van der Waals surface area contributed by atoms with Crippen LogP contribution >= 0.6 is 11.3 Å². The molecule has 2 atom stereocenters. The zero-order chi connectivity index (χ0) is 25.7. The van der Waals surface area contributed by atoms with Gasteiger partial charge >= 0.3 is 0 Å². The molecule has 1 aliphatic rings. The van der Waals surface area contributed by atoms with Gasteiger partial charge in [-0.05, 0) is 66.1 Å². The molecule has 0 aliphatic carbocycles. The average Bonchev–Trinajstić information content (AvgIpc) is 3.39. The van der Waals surface area contributed by atoms with Crippen LogP contribution in [-0.2, 0) is 16.0 Å². The summed E-state index contributed by atoms with van der Waals surface area (Å²) >= 11 is 1.72. The van der Waals surface area contributed by atoms with Crippen LogP contribution in [0.15, 0.2) is 72.1 Å². The van der Waals surface area contributed by atoms with Crippen LogP contribution in [0.25, 0.3) is 6.08 Å². The van der Waals surface area contributed by atoms with Crippen LogP contribution in [0.1, 0.15) is 47.9 Å². The smallest absolute Gasteiger partial charge is 0.269 e. The van der Waals surface area contributed by atoms with Crippen molar-refractivity contribution in [2.75, 3.05) is 13.1 Å². The Kier molecular flexibility index (Phi) is 7.95. The van der Waals surface area contributed by atoms with E-state index in [1.807, 2.05) is 49.1 Å². The van der Waals surface area contributed by atoms with Crippen LogP contribution in [0.2, 0.25) is 0 Å². The van der Waals surface area contributed by atoms with Crippen LogP contribution in [0.3, 0.4) is 0 Å². The normalized spacial score (nSPS) is 15.9. The SMILES string of the molecule is CC[C@H](C)N(CC(=O)N1CCc2sccc2[C@@H]1c1ccccc1)C(=O)/C=C/c1ccc([N+](=O)[O-])cc1. The standard InChI is InChI=1S/C28H29N3O4S/c1-3-20(2)30(26(32)14-11-21-9-12-23(13-10-21)31(34)35)19-27(33)29-17-15-25-24(16-18-36-25)28(29)22-7-5-4-6-8-22/h4-14,16,18,20,28H,3,15,17,19H2,1-2H3/b14-11+/t20-,28-/m0/s1. The van der Waals surface area contributed by atoms with E-state index in [2.05, 4.69) is 11.4 Å². The van der Waals surface area contributed by atoms with Crippen molar-refractivity contribution in [2.24, 2.45) is 0 Å². The fourth-order valence-corrected chi connectivity index (χ4v) is 5.36. The molecule has 1 aromatic heterocycles. The number of nitro benzene ring substituents is 1. The van der Waals surface area contributed by atoms with Crippen LogP contribution in [0.4, 0.5) is 5.69 Å². The minimum atomic E-state index is -0.461. The average molecular weight is 504 g/mol. The Morgan fingerprint density at radius 3 is 2.56 bits per heavy atom. The van der Waals surface area contributed by atoms with Crippen LogP contribution in [-0.4, -0.2) is 45.7 Å². The quantitative estimate of drug-likeness (QED) is 0.232. The monoisotopic (exact) mass is 503 g/mol. The molecule has 7 nitrogen and oxygen atoms in total. The first-order valence-electron chi connectivity index (χ1n) is 12.0. The van der Waals surface area contributed by atoms with Gasteiger partial charge < -0.3 is 9.80 Å². The van der Waals surface area contributed by atoms with E-state index in [4.69, 9.17) is 0 Å². The van der Waals surface area contributed by atoms with E-state index in [9.17, 15) is 19.7 Å². The minimum absolute atomic E-state index is 0.00594. The largest absolute Gasteiger partial charge is 0.330 e. The zero-order valence-electron chi connectivity index (χ0n) is 20.4. The van der Waals surface area contributed by atoms with Crippen molar-refractivity contribution in [3.05, 3.63) is 104 Å². The van der Waals surface area contributed by atoms with E-state index in [0.717, 1.165) is 17.5 Å². The van der Waals surface area contributed by atoms with Gasteiger partial charge in [-0.1, -0.05) is 37.3 Å². The van der Waals surface area contributed by atoms with E-state index >= 15 is 0 Å². The number of nitro groups is 1. The molecular weight excluding hydrogens is 474 g/mol. The summed E-state index contributed by atoms with van der Waals surface area (Å²) in [5.74, 6) is -0.348. The van der Waals surface area contributed by atoms with E-state index in [1.54, 1.807) is 34.4 Å². The maximum Gasteiger partial charge on any atom is 0.269 e. The molecule has 0 fully saturated rings. The summed E-state index contributed by atoms with van der Waals surface area (Å²) < 4.78 is 0. The van der Waals surface area contributed by atoms with Crippen molar-refractivity contribution in [3.8, 4) is 0 Å². The number of benzene rings is 2. The lowest BCUT2D eigenvalue weighted by Crippen LogP contribution is -2.48. The van der Waals surface area contributed by atoms with Gasteiger partial charge in [-0.15, -0.1) is 11.3 Å². The van der Waals surface area contributed by atoms with Gasteiger partial charge in [0.1, 0.15) is 6.54 Å². The van der Waals surface area contributed by atoms with E-state index < -0.39 is 4.92 Å². The molecule has 0 spiro atoms. The van der Waals surface area contributed by atoms with E-state index in [0.29, 0.717) is 18.5 Å². The third-order valence-electron chi connectivity index (χ3n) is 6.64. The highest BCUT2D eigenvalue weighted by Crippen LogP contribution is 2.37. The summed E-state index contributed by atoms with van der Waals surface area (Å²) in [4.78, 5) is 42.1. The molecule has 2 heterocycles. The number of carbonyl (C=O) groups excluding carboxylic acids is 2. The van der Waals surface area contributed by atoms with Crippen LogP contribution < -0.4 is 0 Å². The highest BCUT2D eigenvalue weighted by atomic mass is 32.1. The third kappa shape index (κ3) is 5.54. The van der Waals surface area contributed by atoms with Crippen molar-refractivity contribution in [2.45, 2.75) is 38.8 Å². The predicted octanol–water partition coefficient (Wildman–Crippen LogP) is 5.47. The lowest BCUT2D eigenvalue weighted by molar-refractivity contribution is -0.384. The van der Waals surface area contributed by atoms with Crippen molar-refractivity contribution >= 4 is 34.9 Å². The van der Waals surface area contributed by atoms with Gasteiger partial charge in [0.25, 0.3) is 5.69 Å². The lowest BCUT2D eigenvalue weighted by atomic mass is 9.93. The topological polar surface area (TPSA) is 83.8 Å². The van der Waals surface area contributed by atoms with E-state index in [-0.39, 0.29) is 36.1 Å². The number of hydrogen-bond acceptors (Lipinski definition) is 5. The summed E-state index contributed by atoms with van der Waals surface area (Å²) in [6.07, 6.45) is 4.57. The Bertz CT molecular complexity index is 1250. The third-order valence-corrected chi connectivity index (χ3v) is 7.63. The molecule has 2 amide bonds. The van der Waals surface area contributed by atoms with Gasteiger partial charge in [0.15, 0.2) is 0 Å². The number of fused-ring (bicyclic) bond motifs is 1. The molecule has 0 radical (unpaired) electrons. The number of carbonyl (C=O) groups is 2.